The minimum Gasteiger partial charge on any atom is -0.508 e. The third-order valence-corrected chi connectivity index (χ3v) is 3.71. The highest BCUT2D eigenvalue weighted by atomic mass is 16.3. The zero-order chi connectivity index (χ0) is 16.6. The number of phenolic OH excluding ortho intramolecular Hbond substituents is 1. The fraction of sp³-hybridized carbons (Fsp3) is 0.118. The average Bonchev–Trinajstić information content (AvgIpc) is 2.79. The van der Waals surface area contributed by atoms with Crippen molar-refractivity contribution in [3.05, 3.63) is 59.7 Å². The van der Waals surface area contributed by atoms with Crippen molar-refractivity contribution in [1.82, 2.24) is 4.90 Å². The van der Waals surface area contributed by atoms with Crippen LogP contribution in [0.25, 0.3) is 0 Å². The molecular formula is C17H14N2O4. The van der Waals surface area contributed by atoms with Gasteiger partial charge in [-0.3, -0.25) is 19.3 Å². The molecule has 0 radical (unpaired) electrons. The second kappa shape index (κ2) is 5.57. The van der Waals surface area contributed by atoms with Crippen LogP contribution in [0.3, 0.4) is 0 Å². The summed E-state index contributed by atoms with van der Waals surface area (Å²) < 4.78 is 0. The zero-order valence-corrected chi connectivity index (χ0v) is 12.3. The van der Waals surface area contributed by atoms with Gasteiger partial charge in [0.25, 0.3) is 11.8 Å². The summed E-state index contributed by atoms with van der Waals surface area (Å²) in [4.78, 5) is 38.0. The topological polar surface area (TPSA) is 86.7 Å². The number of phenols is 1. The van der Waals surface area contributed by atoms with E-state index in [1.165, 1.54) is 19.1 Å². The molecular weight excluding hydrogens is 296 g/mol. The van der Waals surface area contributed by atoms with Crippen LogP contribution in [0.4, 0.5) is 5.69 Å². The van der Waals surface area contributed by atoms with Gasteiger partial charge in [-0.15, -0.1) is 0 Å². The van der Waals surface area contributed by atoms with E-state index < -0.39 is 23.8 Å². The molecule has 0 saturated heterocycles. The van der Waals surface area contributed by atoms with Gasteiger partial charge in [0.05, 0.1) is 11.1 Å². The van der Waals surface area contributed by atoms with Crippen molar-refractivity contribution in [2.75, 3.05) is 5.32 Å². The van der Waals surface area contributed by atoms with Crippen LogP contribution >= 0.6 is 0 Å². The van der Waals surface area contributed by atoms with Crippen LogP contribution in [-0.2, 0) is 4.79 Å². The number of imide groups is 1. The standard InChI is InChI=1S/C17H14N2O4/c1-10(15(21)18-11-5-4-6-12(20)9-11)19-16(22)13-7-2-3-8-14(13)17(19)23/h2-10,20H,1H3,(H,18,21). The van der Waals surface area contributed by atoms with Gasteiger partial charge >= 0.3 is 0 Å². The van der Waals surface area contributed by atoms with Crippen LogP contribution in [0.5, 0.6) is 5.75 Å². The summed E-state index contributed by atoms with van der Waals surface area (Å²) in [6, 6.07) is 11.5. The smallest absolute Gasteiger partial charge is 0.262 e. The Hall–Kier alpha value is -3.15. The first kappa shape index (κ1) is 14.8. The Labute approximate surface area is 132 Å². The molecule has 1 aliphatic heterocycles. The predicted octanol–water partition coefficient (Wildman–Crippen LogP) is 2.02. The average molecular weight is 310 g/mol. The third-order valence-electron chi connectivity index (χ3n) is 3.71. The molecule has 2 aromatic carbocycles. The summed E-state index contributed by atoms with van der Waals surface area (Å²) in [5.74, 6) is -1.46. The maximum atomic E-state index is 12.3. The summed E-state index contributed by atoms with van der Waals surface area (Å²) in [7, 11) is 0. The van der Waals surface area contributed by atoms with Crippen molar-refractivity contribution in [1.29, 1.82) is 0 Å². The Morgan fingerprint density at radius 2 is 1.65 bits per heavy atom. The number of rotatable bonds is 3. The van der Waals surface area contributed by atoms with E-state index in [4.69, 9.17) is 0 Å². The normalized spacial score (nSPS) is 14.6. The largest absolute Gasteiger partial charge is 0.508 e. The first-order chi connectivity index (χ1) is 11.0. The molecule has 1 atom stereocenters. The molecule has 2 aromatic rings. The van der Waals surface area contributed by atoms with Gasteiger partial charge < -0.3 is 10.4 Å². The van der Waals surface area contributed by atoms with Gasteiger partial charge in [-0.25, -0.2) is 0 Å². The first-order valence-electron chi connectivity index (χ1n) is 7.06. The number of aromatic hydroxyl groups is 1. The molecule has 3 rings (SSSR count). The molecule has 116 valence electrons. The molecule has 1 heterocycles. The quantitative estimate of drug-likeness (QED) is 0.849. The Balaban J connectivity index is 1.81. The highest BCUT2D eigenvalue weighted by Crippen LogP contribution is 2.25. The molecule has 1 unspecified atom stereocenters. The lowest BCUT2D eigenvalue weighted by atomic mass is 10.1. The molecule has 0 aliphatic carbocycles. The maximum Gasteiger partial charge on any atom is 0.262 e. The molecule has 6 heteroatoms. The minimum absolute atomic E-state index is 0.0104. The van der Waals surface area contributed by atoms with Gasteiger partial charge in [0.1, 0.15) is 11.8 Å². The molecule has 1 aliphatic rings. The fourth-order valence-electron chi connectivity index (χ4n) is 2.51. The van der Waals surface area contributed by atoms with Crippen LogP contribution in [0.2, 0.25) is 0 Å². The second-order valence-electron chi connectivity index (χ2n) is 5.24. The number of fused-ring (bicyclic) bond motifs is 1. The van der Waals surface area contributed by atoms with Crippen molar-refractivity contribution < 1.29 is 19.5 Å². The van der Waals surface area contributed by atoms with E-state index in [0.29, 0.717) is 16.8 Å². The number of amides is 3. The van der Waals surface area contributed by atoms with Crippen molar-refractivity contribution >= 4 is 23.4 Å². The summed E-state index contributed by atoms with van der Waals surface area (Å²) in [6.45, 7) is 1.49. The van der Waals surface area contributed by atoms with Crippen molar-refractivity contribution in [2.45, 2.75) is 13.0 Å². The molecule has 23 heavy (non-hydrogen) atoms. The van der Waals surface area contributed by atoms with E-state index in [-0.39, 0.29) is 5.75 Å². The van der Waals surface area contributed by atoms with Crippen molar-refractivity contribution in [2.24, 2.45) is 0 Å². The molecule has 6 nitrogen and oxygen atoms in total. The zero-order valence-electron chi connectivity index (χ0n) is 12.3. The summed E-state index contributed by atoms with van der Waals surface area (Å²) >= 11 is 0. The van der Waals surface area contributed by atoms with E-state index >= 15 is 0 Å². The van der Waals surface area contributed by atoms with Gasteiger partial charge in [-0.2, -0.15) is 0 Å². The van der Waals surface area contributed by atoms with Gasteiger partial charge in [-0.05, 0) is 31.2 Å². The molecule has 0 saturated carbocycles. The summed E-state index contributed by atoms with van der Waals surface area (Å²) in [5, 5.41) is 12.0. The Kier molecular flexibility index (Phi) is 3.57. The monoisotopic (exact) mass is 310 g/mol. The van der Waals surface area contributed by atoms with Gasteiger partial charge in [0.15, 0.2) is 0 Å². The number of nitrogens with one attached hydrogen (secondary N) is 1. The predicted molar refractivity (Wildman–Crippen MR) is 83.1 cm³/mol. The van der Waals surface area contributed by atoms with Crippen LogP contribution in [-0.4, -0.2) is 33.8 Å². The summed E-state index contributed by atoms with van der Waals surface area (Å²) in [5.41, 5.74) is 0.988. The maximum absolute atomic E-state index is 12.3. The number of carbonyl (C=O) groups excluding carboxylic acids is 3. The van der Waals surface area contributed by atoms with E-state index in [1.54, 1.807) is 36.4 Å². The van der Waals surface area contributed by atoms with E-state index in [9.17, 15) is 19.5 Å². The third kappa shape index (κ3) is 2.55. The molecule has 0 fully saturated rings. The van der Waals surface area contributed by atoms with E-state index in [1.807, 2.05) is 0 Å². The van der Waals surface area contributed by atoms with E-state index in [2.05, 4.69) is 5.32 Å². The fourth-order valence-corrected chi connectivity index (χ4v) is 2.51. The highest BCUT2D eigenvalue weighted by molar-refractivity contribution is 6.23. The number of anilines is 1. The second-order valence-corrected chi connectivity index (χ2v) is 5.24. The minimum atomic E-state index is -0.968. The summed E-state index contributed by atoms with van der Waals surface area (Å²) in [6.07, 6.45) is 0. The number of carbonyl (C=O) groups is 3. The Morgan fingerprint density at radius 3 is 2.22 bits per heavy atom. The number of benzene rings is 2. The van der Waals surface area contributed by atoms with E-state index in [0.717, 1.165) is 4.90 Å². The van der Waals surface area contributed by atoms with Crippen molar-refractivity contribution in [3.63, 3.8) is 0 Å². The Morgan fingerprint density at radius 1 is 1.04 bits per heavy atom. The Bertz CT molecular complexity index is 781. The SMILES string of the molecule is CC(C(=O)Nc1cccc(O)c1)N1C(=O)c2ccccc2C1=O. The highest BCUT2D eigenvalue weighted by Gasteiger charge is 2.40. The van der Waals surface area contributed by atoms with Crippen LogP contribution in [0.1, 0.15) is 27.6 Å². The molecule has 0 spiro atoms. The lowest BCUT2D eigenvalue weighted by Gasteiger charge is -2.21. The molecule has 2 N–H and O–H groups in total. The van der Waals surface area contributed by atoms with Crippen LogP contribution in [0, 0.1) is 0 Å². The molecule has 0 aromatic heterocycles. The molecule has 3 amide bonds. The lowest BCUT2D eigenvalue weighted by molar-refractivity contribution is -0.119. The van der Waals surface area contributed by atoms with Gasteiger partial charge in [0.2, 0.25) is 5.91 Å². The number of hydrogen-bond acceptors (Lipinski definition) is 4. The van der Waals surface area contributed by atoms with Crippen molar-refractivity contribution in [3.8, 4) is 5.75 Å². The lowest BCUT2D eigenvalue weighted by Crippen LogP contribution is -2.45. The molecule has 0 bridgehead atoms. The van der Waals surface area contributed by atoms with Crippen LogP contribution in [0.15, 0.2) is 48.5 Å². The number of nitrogens with zero attached hydrogens (tertiary/aromatic N) is 1. The van der Waals surface area contributed by atoms with Gasteiger partial charge in [-0.1, -0.05) is 18.2 Å². The van der Waals surface area contributed by atoms with Crippen LogP contribution < -0.4 is 5.32 Å². The first-order valence-corrected chi connectivity index (χ1v) is 7.06. The number of hydrogen-bond donors (Lipinski definition) is 2. The van der Waals surface area contributed by atoms with Gasteiger partial charge in [0, 0.05) is 11.8 Å².